The summed E-state index contributed by atoms with van der Waals surface area (Å²) in [7, 11) is 3.56. The molecule has 1 N–H and O–H groups in total. The molecular formula is C13H26N2O2. The Bertz CT molecular complexity index is 232. The monoisotopic (exact) mass is 242 g/mol. The fraction of sp³-hybridized carbons (Fsp3) is 0.923. The molecule has 1 amide bonds. The average molecular weight is 242 g/mol. The highest BCUT2D eigenvalue weighted by atomic mass is 16.5. The number of methoxy groups -OCH3 is 1. The van der Waals surface area contributed by atoms with Crippen molar-refractivity contribution in [1.82, 2.24) is 10.2 Å². The first kappa shape index (κ1) is 14.5. The third-order valence-electron chi connectivity index (χ3n) is 3.72. The lowest BCUT2D eigenvalue weighted by atomic mass is 9.74. The van der Waals surface area contributed by atoms with E-state index in [1.807, 2.05) is 11.9 Å². The van der Waals surface area contributed by atoms with Gasteiger partial charge in [-0.05, 0) is 32.4 Å². The maximum absolute atomic E-state index is 12.6. The molecule has 4 heteroatoms. The maximum atomic E-state index is 12.6. The second-order valence-electron chi connectivity index (χ2n) is 5.00. The Kier molecular flexibility index (Phi) is 5.92. The Balaban J connectivity index is 2.65. The van der Waals surface area contributed by atoms with Crippen molar-refractivity contribution >= 4 is 5.91 Å². The Labute approximate surface area is 105 Å². The van der Waals surface area contributed by atoms with Gasteiger partial charge in [-0.15, -0.1) is 0 Å². The van der Waals surface area contributed by atoms with Crippen LogP contribution in [-0.2, 0) is 9.53 Å². The molecule has 1 saturated heterocycles. The van der Waals surface area contributed by atoms with Gasteiger partial charge in [-0.25, -0.2) is 0 Å². The minimum atomic E-state index is -0.123. The smallest absolute Gasteiger partial charge is 0.228 e. The van der Waals surface area contributed by atoms with Crippen LogP contribution in [0.5, 0.6) is 0 Å². The van der Waals surface area contributed by atoms with E-state index < -0.39 is 0 Å². The summed E-state index contributed by atoms with van der Waals surface area (Å²) in [4.78, 5) is 14.4. The fourth-order valence-corrected chi connectivity index (χ4v) is 2.69. The van der Waals surface area contributed by atoms with Gasteiger partial charge in [0.15, 0.2) is 0 Å². The first-order valence-electron chi connectivity index (χ1n) is 6.61. The predicted octanol–water partition coefficient (Wildman–Crippen LogP) is 1.26. The zero-order chi connectivity index (χ0) is 12.7. The largest absolute Gasteiger partial charge is 0.383 e. The van der Waals surface area contributed by atoms with Crippen LogP contribution in [0.1, 0.15) is 32.6 Å². The van der Waals surface area contributed by atoms with Crippen molar-refractivity contribution in [2.24, 2.45) is 5.41 Å². The third-order valence-corrected chi connectivity index (χ3v) is 3.72. The minimum absolute atomic E-state index is 0.123. The molecule has 100 valence electrons. The lowest BCUT2D eigenvalue weighted by Gasteiger charge is -2.39. The molecule has 1 heterocycles. The summed E-state index contributed by atoms with van der Waals surface area (Å²) >= 11 is 0. The van der Waals surface area contributed by atoms with Gasteiger partial charge in [0.2, 0.25) is 5.91 Å². The van der Waals surface area contributed by atoms with Gasteiger partial charge in [-0.2, -0.15) is 0 Å². The van der Waals surface area contributed by atoms with Crippen LogP contribution in [0.2, 0.25) is 0 Å². The van der Waals surface area contributed by atoms with Crippen LogP contribution in [0, 0.1) is 5.41 Å². The highest BCUT2D eigenvalue weighted by Crippen LogP contribution is 2.35. The number of ether oxygens (including phenoxy) is 1. The van der Waals surface area contributed by atoms with E-state index in [0.29, 0.717) is 19.1 Å². The summed E-state index contributed by atoms with van der Waals surface area (Å²) < 4.78 is 5.04. The van der Waals surface area contributed by atoms with Crippen molar-refractivity contribution in [3.63, 3.8) is 0 Å². The quantitative estimate of drug-likeness (QED) is 0.762. The van der Waals surface area contributed by atoms with Gasteiger partial charge < -0.3 is 15.0 Å². The van der Waals surface area contributed by atoms with E-state index in [-0.39, 0.29) is 5.41 Å². The van der Waals surface area contributed by atoms with Crippen LogP contribution in [0.25, 0.3) is 0 Å². The normalized spacial score (nSPS) is 19.0. The number of rotatable bonds is 6. The fourth-order valence-electron chi connectivity index (χ4n) is 2.69. The van der Waals surface area contributed by atoms with Crippen LogP contribution in [-0.4, -0.2) is 51.2 Å². The number of likely N-dealkylation sites (N-methyl/N-ethyl adjacent to an activating group) is 1. The molecule has 0 saturated carbocycles. The van der Waals surface area contributed by atoms with E-state index in [0.717, 1.165) is 38.8 Å². The molecule has 0 bridgehead atoms. The molecule has 1 aliphatic heterocycles. The molecule has 4 nitrogen and oxygen atoms in total. The molecular weight excluding hydrogens is 216 g/mol. The van der Waals surface area contributed by atoms with Gasteiger partial charge in [-0.1, -0.05) is 13.3 Å². The highest BCUT2D eigenvalue weighted by molar-refractivity contribution is 5.82. The zero-order valence-electron chi connectivity index (χ0n) is 11.4. The number of hydrogen-bond donors (Lipinski definition) is 1. The molecule has 0 aromatic carbocycles. The Morgan fingerprint density at radius 2 is 2.06 bits per heavy atom. The summed E-state index contributed by atoms with van der Waals surface area (Å²) in [5.41, 5.74) is -0.123. The first-order chi connectivity index (χ1) is 8.16. The standard InChI is InChI=1S/C13H26N2O2/c1-4-5-13(6-8-14-9-7-13)12(16)15(2)10-11-17-3/h14H,4-11H2,1-3H3. The first-order valence-corrected chi connectivity index (χ1v) is 6.61. The molecule has 0 spiro atoms. The van der Waals surface area contributed by atoms with Crippen LogP contribution < -0.4 is 5.32 Å². The summed E-state index contributed by atoms with van der Waals surface area (Å²) in [6.45, 7) is 5.39. The number of carbonyl (C=O) groups excluding carboxylic acids is 1. The lowest BCUT2D eigenvalue weighted by molar-refractivity contribution is -0.143. The van der Waals surface area contributed by atoms with Crippen molar-refractivity contribution < 1.29 is 9.53 Å². The van der Waals surface area contributed by atoms with Crippen LogP contribution in [0.15, 0.2) is 0 Å². The van der Waals surface area contributed by atoms with Gasteiger partial charge in [0.25, 0.3) is 0 Å². The highest BCUT2D eigenvalue weighted by Gasteiger charge is 2.40. The molecule has 0 aliphatic carbocycles. The van der Waals surface area contributed by atoms with Crippen LogP contribution >= 0.6 is 0 Å². The Morgan fingerprint density at radius 3 is 2.59 bits per heavy atom. The van der Waals surface area contributed by atoms with Gasteiger partial charge in [0.05, 0.1) is 12.0 Å². The summed E-state index contributed by atoms with van der Waals surface area (Å²) in [6.07, 6.45) is 4.02. The lowest BCUT2D eigenvalue weighted by Crippen LogP contribution is -2.48. The molecule has 0 unspecified atom stereocenters. The molecule has 1 fully saturated rings. The SMILES string of the molecule is CCCC1(C(=O)N(C)CCOC)CCNCC1. The van der Waals surface area contributed by atoms with E-state index in [1.165, 1.54) is 0 Å². The van der Waals surface area contributed by atoms with E-state index in [2.05, 4.69) is 12.2 Å². The number of nitrogens with one attached hydrogen (secondary N) is 1. The average Bonchev–Trinajstić information content (AvgIpc) is 2.36. The molecule has 0 radical (unpaired) electrons. The van der Waals surface area contributed by atoms with Crippen molar-refractivity contribution in [3.05, 3.63) is 0 Å². The van der Waals surface area contributed by atoms with Gasteiger partial charge >= 0.3 is 0 Å². The number of amides is 1. The van der Waals surface area contributed by atoms with Gasteiger partial charge in [0.1, 0.15) is 0 Å². The van der Waals surface area contributed by atoms with Crippen molar-refractivity contribution in [2.75, 3.05) is 40.4 Å². The summed E-state index contributed by atoms with van der Waals surface area (Å²) in [5.74, 6) is 0.304. The number of hydrogen-bond acceptors (Lipinski definition) is 3. The van der Waals surface area contributed by atoms with Gasteiger partial charge in [-0.3, -0.25) is 4.79 Å². The van der Waals surface area contributed by atoms with Crippen LogP contribution in [0.3, 0.4) is 0 Å². The molecule has 1 rings (SSSR count). The second-order valence-corrected chi connectivity index (χ2v) is 5.00. The molecule has 1 aliphatic rings. The Morgan fingerprint density at radius 1 is 1.41 bits per heavy atom. The van der Waals surface area contributed by atoms with Crippen LogP contribution in [0.4, 0.5) is 0 Å². The molecule has 0 aromatic heterocycles. The van der Waals surface area contributed by atoms with E-state index >= 15 is 0 Å². The van der Waals surface area contributed by atoms with Crippen molar-refractivity contribution in [2.45, 2.75) is 32.6 Å². The second kappa shape index (κ2) is 6.97. The topological polar surface area (TPSA) is 41.6 Å². The van der Waals surface area contributed by atoms with E-state index in [9.17, 15) is 4.79 Å². The molecule has 0 aromatic rings. The summed E-state index contributed by atoms with van der Waals surface area (Å²) in [6, 6.07) is 0. The number of piperidine rings is 1. The third kappa shape index (κ3) is 3.68. The minimum Gasteiger partial charge on any atom is -0.383 e. The van der Waals surface area contributed by atoms with Crippen molar-refractivity contribution in [3.8, 4) is 0 Å². The summed E-state index contributed by atoms with van der Waals surface area (Å²) in [5, 5.41) is 3.34. The molecule has 17 heavy (non-hydrogen) atoms. The zero-order valence-corrected chi connectivity index (χ0v) is 11.4. The van der Waals surface area contributed by atoms with Crippen molar-refractivity contribution in [1.29, 1.82) is 0 Å². The Hall–Kier alpha value is -0.610. The molecule has 0 atom stereocenters. The maximum Gasteiger partial charge on any atom is 0.228 e. The predicted molar refractivity (Wildman–Crippen MR) is 69.0 cm³/mol. The number of carbonyl (C=O) groups is 1. The number of nitrogens with zero attached hydrogens (tertiary/aromatic N) is 1. The van der Waals surface area contributed by atoms with E-state index in [4.69, 9.17) is 4.74 Å². The van der Waals surface area contributed by atoms with Gasteiger partial charge in [0, 0.05) is 20.7 Å². The van der Waals surface area contributed by atoms with E-state index in [1.54, 1.807) is 7.11 Å².